The van der Waals surface area contributed by atoms with Crippen LogP contribution in [0.4, 0.5) is 5.95 Å². The van der Waals surface area contributed by atoms with E-state index in [1.54, 1.807) is 15.9 Å². The molecule has 42 heavy (non-hydrogen) atoms. The van der Waals surface area contributed by atoms with Crippen LogP contribution >= 0.6 is 11.3 Å². The van der Waals surface area contributed by atoms with Gasteiger partial charge in [-0.05, 0) is 62.0 Å². The van der Waals surface area contributed by atoms with Gasteiger partial charge in [-0.15, -0.1) is 11.3 Å². The first-order valence-corrected chi connectivity index (χ1v) is 15.2. The Morgan fingerprint density at radius 2 is 1.95 bits per heavy atom. The van der Waals surface area contributed by atoms with Crippen LogP contribution in [-0.4, -0.2) is 86.8 Å². The molecule has 4 atom stereocenters. The van der Waals surface area contributed by atoms with E-state index >= 15 is 0 Å². The Kier molecular flexibility index (Phi) is 8.61. The van der Waals surface area contributed by atoms with Gasteiger partial charge in [-0.3, -0.25) is 9.36 Å². The van der Waals surface area contributed by atoms with Gasteiger partial charge in [0.15, 0.2) is 6.23 Å². The second-order valence-electron chi connectivity index (χ2n) is 11.0. The number of carbonyl (C=O) groups excluding carboxylic acids is 1. The summed E-state index contributed by atoms with van der Waals surface area (Å²) in [5.74, 6) is 1.17. The summed E-state index contributed by atoms with van der Waals surface area (Å²) in [6.45, 7) is 3.41. The zero-order valence-electron chi connectivity index (χ0n) is 23.3. The molecular weight excluding hydrogens is 558 g/mol. The first kappa shape index (κ1) is 28.8. The molecule has 0 saturated carbocycles. The number of benzene rings is 2. The highest BCUT2D eigenvalue weighted by Crippen LogP contribution is 2.37. The lowest BCUT2D eigenvalue weighted by molar-refractivity contribution is -0.123. The molecule has 0 radical (unpaired) electrons. The maximum atomic E-state index is 11.4. The van der Waals surface area contributed by atoms with E-state index in [2.05, 4.69) is 22.3 Å². The van der Waals surface area contributed by atoms with Gasteiger partial charge in [0.05, 0.1) is 35.5 Å². The highest BCUT2D eigenvalue weighted by molar-refractivity contribution is 7.19. The van der Waals surface area contributed by atoms with Gasteiger partial charge in [-0.25, -0.2) is 4.98 Å². The molecule has 6 rings (SSSR count). The molecule has 0 bridgehead atoms. The number of anilines is 1. The van der Waals surface area contributed by atoms with Crippen molar-refractivity contribution in [2.45, 2.75) is 50.3 Å². The fraction of sp³-hybridized carbons (Fsp3) is 0.467. The third-order valence-electron chi connectivity index (χ3n) is 8.21. The summed E-state index contributed by atoms with van der Waals surface area (Å²) in [6, 6.07) is 15.7. The van der Waals surface area contributed by atoms with E-state index in [0.717, 1.165) is 70.6 Å². The van der Waals surface area contributed by atoms with Crippen molar-refractivity contribution < 1.29 is 29.6 Å². The Labute approximate surface area is 247 Å². The van der Waals surface area contributed by atoms with E-state index < -0.39 is 31.1 Å². The Balaban J connectivity index is 1.11. The fourth-order valence-electron chi connectivity index (χ4n) is 5.89. The van der Waals surface area contributed by atoms with E-state index in [-0.39, 0.29) is 11.8 Å². The average Bonchev–Trinajstić information content (AvgIpc) is 3.67. The summed E-state index contributed by atoms with van der Waals surface area (Å²) in [4.78, 5) is 19.6. The number of aromatic nitrogens is 2. The van der Waals surface area contributed by atoms with Crippen molar-refractivity contribution in [2.75, 3.05) is 38.2 Å². The molecule has 2 fully saturated rings. The number of primary amides is 1. The molecule has 12 heteroatoms. The quantitative estimate of drug-likeness (QED) is 0.164. The number of likely N-dealkylation sites (tertiary alicyclic amines) is 1. The number of imidazole rings is 1. The Morgan fingerprint density at radius 1 is 1.14 bits per heavy atom. The maximum absolute atomic E-state index is 11.4. The maximum Gasteiger partial charge on any atom is 0.220 e. The van der Waals surface area contributed by atoms with Crippen LogP contribution in [0.5, 0.6) is 5.75 Å². The number of piperidine rings is 1. The molecule has 4 aromatic rings. The minimum Gasteiger partial charge on any atom is -0.492 e. The van der Waals surface area contributed by atoms with E-state index in [1.165, 1.54) is 0 Å². The molecule has 1 amide bonds. The molecular formula is C30H37N5O6S. The van der Waals surface area contributed by atoms with Crippen molar-refractivity contribution in [3.8, 4) is 5.75 Å². The first-order valence-electron chi connectivity index (χ1n) is 14.4. The molecule has 224 valence electrons. The van der Waals surface area contributed by atoms with Gasteiger partial charge in [0.2, 0.25) is 11.9 Å². The van der Waals surface area contributed by atoms with Crippen LogP contribution in [0.1, 0.15) is 30.4 Å². The summed E-state index contributed by atoms with van der Waals surface area (Å²) < 4.78 is 14.9. The molecule has 11 nitrogen and oxygen atoms in total. The van der Waals surface area contributed by atoms with Crippen LogP contribution in [0.15, 0.2) is 48.5 Å². The van der Waals surface area contributed by atoms with Gasteiger partial charge < -0.3 is 40.7 Å². The number of nitrogens with two attached hydrogens (primary N) is 1. The minimum absolute atomic E-state index is 0.00547. The molecule has 2 aliphatic rings. The summed E-state index contributed by atoms with van der Waals surface area (Å²) in [5.41, 5.74) is 6.92. The fourth-order valence-corrected chi connectivity index (χ4v) is 6.95. The van der Waals surface area contributed by atoms with Crippen LogP contribution in [0.2, 0.25) is 0 Å². The van der Waals surface area contributed by atoms with Crippen molar-refractivity contribution in [3.05, 3.63) is 53.4 Å². The smallest absolute Gasteiger partial charge is 0.220 e. The van der Waals surface area contributed by atoms with Crippen LogP contribution < -0.4 is 15.8 Å². The second-order valence-corrected chi connectivity index (χ2v) is 12.1. The van der Waals surface area contributed by atoms with Crippen LogP contribution in [-0.2, 0) is 16.1 Å². The summed E-state index contributed by atoms with van der Waals surface area (Å²) in [6.07, 6.45) is -1.64. The lowest BCUT2D eigenvalue weighted by Crippen LogP contribution is -2.39. The summed E-state index contributed by atoms with van der Waals surface area (Å²) in [5, 5.41) is 35.2. The molecule has 2 aliphatic heterocycles. The first-order chi connectivity index (χ1) is 20.4. The van der Waals surface area contributed by atoms with Crippen molar-refractivity contribution in [1.29, 1.82) is 0 Å². The lowest BCUT2D eigenvalue weighted by atomic mass is 9.96. The van der Waals surface area contributed by atoms with Gasteiger partial charge in [0.1, 0.15) is 24.1 Å². The number of rotatable bonds is 11. The predicted octanol–water partition coefficient (Wildman–Crippen LogP) is 2.44. The number of amides is 1. The lowest BCUT2D eigenvalue weighted by Gasteiger charge is -2.30. The monoisotopic (exact) mass is 595 g/mol. The predicted molar refractivity (Wildman–Crippen MR) is 160 cm³/mol. The van der Waals surface area contributed by atoms with Gasteiger partial charge in [-0.1, -0.05) is 24.3 Å². The molecule has 0 spiro atoms. The largest absolute Gasteiger partial charge is 0.492 e. The Hall–Kier alpha value is -3.26. The molecule has 2 saturated heterocycles. The van der Waals surface area contributed by atoms with E-state index in [1.807, 2.05) is 36.4 Å². The number of aliphatic hydroxyl groups excluding tert-OH is 3. The van der Waals surface area contributed by atoms with Gasteiger partial charge >= 0.3 is 0 Å². The SMILES string of the molecule is NC(=O)C1CCN(CCCOc2cccc3cc(CNc4nc5ccccc5n4[C@@H]4O[C@H](CO)[C@@H](O)[C@H]4O)sc23)CC1. The van der Waals surface area contributed by atoms with Crippen molar-refractivity contribution >= 4 is 44.3 Å². The minimum atomic E-state index is -1.22. The highest BCUT2D eigenvalue weighted by Gasteiger charge is 2.44. The Morgan fingerprint density at radius 3 is 2.71 bits per heavy atom. The number of para-hydroxylation sites is 2. The third kappa shape index (κ3) is 5.83. The topological polar surface area (TPSA) is 155 Å². The number of carbonyl (C=O) groups is 1. The number of nitrogens with one attached hydrogen (secondary N) is 1. The van der Waals surface area contributed by atoms with Gasteiger partial charge in [0, 0.05) is 17.3 Å². The number of aliphatic hydroxyl groups is 3. The number of ether oxygens (including phenoxy) is 2. The average molecular weight is 596 g/mol. The van der Waals surface area contributed by atoms with Gasteiger partial charge in [-0.2, -0.15) is 0 Å². The third-order valence-corrected chi connectivity index (χ3v) is 9.38. The van der Waals surface area contributed by atoms with Crippen molar-refractivity contribution in [3.63, 3.8) is 0 Å². The molecule has 0 unspecified atom stereocenters. The summed E-state index contributed by atoms with van der Waals surface area (Å²) >= 11 is 1.65. The highest BCUT2D eigenvalue weighted by atomic mass is 32.1. The van der Waals surface area contributed by atoms with Crippen LogP contribution in [0.25, 0.3) is 21.1 Å². The van der Waals surface area contributed by atoms with E-state index in [0.29, 0.717) is 19.1 Å². The number of nitrogens with zero attached hydrogens (tertiary/aromatic N) is 3. The normalized spacial score (nSPS) is 23.6. The van der Waals surface area contributed by atoms with Crippen LogP contribution in [0.3, 0.4) is 0 Å². The van der Waals surface area contributed by atoms with E-state index in [4.69, 9.17) is 20.2 Å². The van der Waals surface area contributed by atoms with E-state index in [9.17, 15) is 20.1 Å². The Bertz CT molecular complexity index is 1530. The number of hydrogen-bond donors (Lipinski definition) is 5. The molecule has 6 N–H and O–H groups in total. The summed E-state index contributed by atoms with van der Waals surface area (Å²) in [7, 11) is 0. The zero-order chi connectivity index (χ0) is 29.2. The van der Waals surface area contributed by atoms with Crippen molar-refractivity contribution in [1.82, 2.24) is 14.5 Å². The molecule has 2 aromatic heterocycles. The van der Waals surface area contributed by atoms with Crippen LogP contribution in [0, 0.1) is 5.92 Å². The van der Waals surface area contributed by atoms with Gasteiger partial charge in [0.25, 0.3) is 0 Å². The van der Waals surface area contributed by atoms with Crippen molar-refractivity contribution in [2.24, 2.45) is 11.7 Å². The zero-order valence-corrected chi connectivity index (χ0v) is 24.1. The molecule has 2 aromatic carbocycles. The number of thiophene rings is 1. The number of hydrogen-bond acceptors (Lipinski definition) is 10. The molecule has 0 aliphatic carbocycles. The standard InChI is InChI=1S/C30H37N5O6S/c31-28(39)18-9-12-34(13-10-18)11-4-14-40-23-8-3-5-19-15-20(42-27(19)23)16-32-30-33-21-6-1-2-7-22(21)35(30)29-26(38)25(37)24(17-36)41-29/h1-3,5-8,15,18,24-26,29,36-38H,4,9-14,16-17H2,(H2,31,39)(H,32,33)/t24-,25-,26-,29-/m1/s1. The number of fused-ring (bicyclic) bond motifs is 2. The second kappa shape index (κ2) is 12.5. The molecule has 4 heterocycles.